The summed E-state index contributed by atoms with van der Waals surface area (Å²) in [6, 6.07) is 4.54. The molecule has 0 radical (unpaired) electrons. The third-order valence-corrected chi connectivity index (χ3v) is 3.82. The molecule has 110 valence electrons. The normalized spacial score (nSPS) is 10.4. The Morgan fingerprint density at radius 2 is 2.19 bits per heavy atom. The number of ether oxygens (including phenoxy) is 1. The Morgan fingerprint density at radius 3 is 2.86 bits per heavy atom. The number of aromatic nitrogens is 2. The van der Waals surface area contributed by atoms with E-state index in [2.05, 4.69) is 25.9 Å². The van der Waals surface area contributed by atoms with E-state index in [0.29, 0.717) is 28.8 Å². The van der Waals surface area contributed by atoms with Gasteiger partial charge in [0.25, 0.3) is 5.69 Å². The third kappa shape index (κ3) is 3.48. The molecule has 0 amide bonds. The number of hydrogen-bond acceptors (Lipinski definition) is 5. The first-order chi connectivity index (χ1) is 10.0. The lowest BCUT2D eigenvalue weighted by Crippen LogP contribution is -1.99. The molecule has 0 aliphatic rings. The van der Waals surface area contributed by atoms with Crippen molar-refractivity contribution in [3.8, 4) is 11.6 Å². The maximum absolute atomic E-state index is 10.9. The van der Waals surface area contributed by atoms with Gasteiger partial charge in [-0.1, -0.05) is 31.0 Å². The van der Waals surface area contributed by atoms with Gasteiger partial charge >= 0.3 is 0 Å². The van der Waals surface area contributed by atoms with Crippen LogP contribution in [0.3, 0.4) is 0 Å². The Kier molecular flexibility index (Phi) is 5.08. The Morgan fingerprint density at radius 1 is 1.43 bits per heavy atom. The molecule has 0 fully saturated rings. The number of halogens is 2. The van der Waals surface area contributed by atoms with E-state index >= 15 is 0 Å². The van der Waals surface area contributed by atoms with Gasteiger partial charge in [0.2, 0.25) is 5.88 Å². The molecule has 2 aromatic rings. The van der Waals surface area contributed by atoms with Gasteiger partial charge in [0, 0.05) is 6.07 Å². The Hall–Kier alpha value is -1.73. The summed E-state index contributed by atoms with van der Waals surface area (Å²) in [4.78, 5) is 18.4. The number of rotatable bonds is 5. The molecule has 0 atom stereocenters. The van der Waals surface area contributed by atoms with Crippen molar-refractivity contribution in [2.75, 3.05) is 0 Å². The molecular weight excluding hydrogens is 362 g/mol. The van der Waals surface area contributed by atoms with Gasteiger partial charge in [0.05, 0.1) is 10.5 Å². The maximum atomic E-state index is 10.9. The summed E-state index contributed by atoms with van der Waals surface area (Å²) in [5, 5.41) is 11.2. The van der Waals surface area contributed by atoms with Gasteiger partial charge in [0.1, 0.15) is 16.0 Å². The molecule has 0 aliphatic heterocycles. The van der Waals surface area contributed by atoms with E-state index in [-0.39, 0.29) is 10.2 Å². The van der Waals surface area contributed by atoms with E-state index in [4.69, 9.17) is 16.3 Å². The molecule has 6 nitrogen and oxygen atoms in total. The Bertz CT molecular complexity index is 682. The number of nitrogens with zero attached hydrogens (tertiary/aromatic N) is 3. The quantitative estimate of drug-likeness (QED) is 0.437. The molecule has 2 rings (SSSR count). The van der Waals surface area contributed by atoms with Crippen LogP contribution in [0.2, 0.25) is 5.15 Å². The van der Waals surface area contributed by atoms with E-state index in [0.717, 1.165) is 6.42 Å². The van der Waals surface area contributed by atoms with Gasteiger partial charge in [-0.05, 0) is 28.4 Å². The van der Waals surface area contributed by atoms with Crippen LogP contribution in [-0.4, -0.2) is 14.9 Å². The van der Waals surface area contributed by atoms with Gasteiger partial charge in [0.15, 0.2) is 5.75 Å². The maximum Gasteiger partial charge on any atom is 0.287 e. The van der Waals surface area contributed by atoms with Crippen LogP contribution in [-0.2, 0) is 6.42 Å². The van der Waals surface area contributed by atoms with Gasteiger partial charge in [-0.3, -0.25) is 10.1 Å². The summed E-state index contributed by atoms with van der Waals surface area (Å²) >= 11 is 9.22. The highest BCUT2D eigenvalue weighted by atomic mass is 79.9. The fraction of sp³-hybridized carbons (Fsp3) is 0.231. The number of nitro benzene ring substituents is 1. The molecule has 0 N–H and O–H groups in total. The van der Waals surface area contributed by atoms with E-state index < -0.39 is 4.92 Å². The zero-order valence-electron chi connectivity index (χ0n) is 11.0. The second-order valence-corrected chi connectivity index (χ2v) is 5.30. The fourth-order valence-electron chi connectivity index (χ4n) is 1.75. The first-order valence-corrected chi connectivity index (χ1v) is 7.31. The minimum absolute atomic E-state index is 0.0790. The van der Waals surface area contributed by atoms with Crippen molar-refractivity contribution in [1.29, 1.82) is 0 Å². The summed E-state index contributed by atoms with van der Waals surface area (Å²) in [5.74, 6) is 0.606. The largest absolute Gasteiger partial charge is 0.437 e. The zero-order chi connectivity index (χ0) is 15.4. The lowest BCUT2D eigenvalue weighted by molar-refractivity contribution is -0.385. The van der Waals surface area contributed by atoms with Crippen molar-refractivity contribution in [2.45, 2.75) is 19.8 Å². The molecule has 0 unspecified atom stereocenters. The SMILES string of the molecule is CCCc1c(Cl)ncnc1Oc1cccc([N+](=O)[O-])c1Br. The van der Waals surface area contributed by atoms with Crippen LogP contribution in [0.5, 0.6) is 11.6 Å². The van der Waals surface area contributed by atoms with Gasteiger partial charge < -0.3 is 4.74 Å². The standard InChI is InChI=1S/C13H11BrClN3O3/c1-2-4-8-12(15)16-7-17-13(8)21-10-6-3-5-9(11(10)14)18(19)20/h3,5-7H,2,4H2,1H3. The monoisotopic (exact) mass is 371 g/mol. The van der Waals surface area contributed by atoms with Crippen LogP contribution in [0.1, 0.15) is 18.9 Å². The highest BCUT2D eigenvalue weighted by molar-refractivity contribution is 9.10. The molecule has 1 heterocycles. The molecular formula is C13H11BrClN3O3. The number of nitro groups is 1. The summed E-state index contributed by atoms with van der Waals surface area (Å²) in [7, 11) is 0. The summed E-state index contributed by atoms with van der Waals surface area (Å²) in [5.41, 5.74) is 0.602. The van der Waals surface area contributed by atoms with Gasteiger partial charge in [-0.2, -0.15) is 0 Å². The fourth-order valence-corrected chi connectivity index (χ4v) is 2.46. The molecule has 21 heavy (non-hydrogen) atoms. The summed E-state index contributed by atoms with van der Waals surface area (Å²) < 4.78 is 5.93. The molecule has 0 bridgehead atoms. The first kappa shape index (κ1) is 15.7. The molecule has 1 aromatic heterocycles. The van der Waals surface area contributed by atoms with Crippen LogP contribution in [0, 0.1) is 10.1 Å². The van der Waals surface area contributed by atoms with Crippen LogP contribution in [0.4, 0.5) is 5.69 Å². The minimum atomic E-state index is -0.489. The zero-order valence-corrected chi connectivity index (χ0v) is 13.4. The van der Waals surface area contributed by atoms with Crippen molar-refractivity contribution in [2.24, 2.45) is 0 Å². The molecule has 0 saturated carbocycles. The molecule has 0 aliphatic carbocycles. The van der Waals surface area contributed by atoms with Crippen molar-refractivity contribution in [1.82, 2.24) is 9.97 Å². The highest BCUT2D eigenvalue weighted by Crippen LogP contribution is 2.37. The average Bonchev–Trinajstić information content (AvgIpc) is 2.44. The van der Waals surface area contributed by atoms with Crippen molar-refractivity contribution in [3.63, 3.8) is 0 Å². The Labute approximate surface area is 134 Å². The average molecular weight is 373 g/mol. The van der Waals surface area contributed by atoms with E-state index in [9.17, 15) is 10.1 Å². The van der Waals surface area contributed by atoms with E-state index in [1.807, 2.05) is 6.92 Å². The molecule has 8 heteroatoms. The molecule has 1 aromatic carbocycles. The second-order valence-electron chi connectivity index (χ2n) is 4.15. The second kappa shape index (κ2) is 6.82. The van der Waals surface area contributed by atoms with Crippen molar-refractivity contribution >= 4 is 33.2 Å². The van der Waals surface area contributed by atoms with Gasteiger partial charge in [-0.15, -0.1) is 0 Å². The number of benzene rings is 1. The summed E-state index contributed by atoms with van der Waals surface area (Å²) in [6.45, 7) is 2.00. The predicted molar refractivity (Wildman–Crippen MR) is 81.9 cm³/mol. The minimum Gasteiger partial charge on any atom is -0.437 e. The Balaban J connectivity index is 2.41. The van der Waals surface area contributed by atoms with Crippen LogP contribution in [0.15, 0.2) is 29.0 Å². The van der Waals surface area contributed by atoms with Crippen molar-refractivity contribution < 1.29 is 9.66 Å². The molecule has 0 spiro atoms. The van der Waals surface area contributed by atoms with Crippen LogP contribution in [0.25, 0.3) is 0 Å². The third-order valence-electron chi connectivity index (χ3n) is 2.70. The van der Waals surface area contributed by atoms with E-state index in [1.165, 1.54) is 12.4 Å². The number of hydrogen-bond donors (Lipinski definition) is 0. The van der Waals surface area contributed by atoms with Crippen molar-refractivity contribution in [3.05, 3.63) is 49.8 Å². The van der Waals surface area contributed by atoms with Crippen LogP contribution < -0.4 is 4.74 Å². The molecule has 0 saturated heterocycles. The van der Waals surface area contributed by atoms with Crippen LogP contribution >= 0.6 is 27.5 Å². The first-order valence-electron chi connectivity index (χ1n) is 6.14. The lowest BCUT2D eigenvalue weighted by atomic mass is 10.2. The topological polar surface area (TPSA) is 78.2 Å². The van der Waals surface area contributed by atoms with E-state index in [1.54, 1.807) is 12.1 Å². The predicted octanol–water partition coefficient (Wildman–Crippen LogP) is 4.55. The van der Waals surface area contributed by atoms with Gasteiger partial charge in [-0.25, -0.2) is 9.97 Å². The summed E-state index contributed by atoms with van der Waals surface area (Å²) in [6.07, 6.45) is 2.79. The smallest absolute Gasteiger partial charge is 0.287 e. The lowest BCUT2D eigenvalue weighted by Gasteiger charge is -2.11. The highest BCUT2D eigenvalue weighted by Gasteiger charge is 2.18.